The molecular formula is C7H11F3N4S. The molecule has 0 aliphatic carbocycles. The van der Waals surface area contributed by atoms with Crippen LogP contribution in [0.3, 0.4) is 0 Å². The Morgan fingerprint density at radius 2 is 2.27 bits per heavy atom. The van der Waals surface area contributed by atoms with Gasteiger partial charge in [-0.2, -0.15) is 13.2 Å². The zero-order valence-corrected chi connectivity index (χ0v) is 8.61. The summed E-state index contributed by atoms with van der Waals surface area (Å²) < 4.78 is 39.2. The summed E-state index contributed by atoms with van der Waals surface area (Å²) in [4.78, 5) is 0. The molecule has 1 rings (SSSR count). The minimum atomic E-state index is -4.11. The van der Waals surface area contributed by atoms with Gasteiger partial charge in [-0.25, -0.2) is 0 Å². The lowest BCUT2D eigenvalue weighted by molar-refractivity contribution is -0.135. The second-order valence-electron chi connectivity index (χ2n) is 3.06. The van der Waals surface area contributed by atoms with E-state index >= 15 is 0 Å². The van der Waals surface area contributed by atoms with Crippen molar-refractivity contribution >= 4 is 11.5 Å². The quantitative estimate of drug-likeness (QED) is 0.608. The van der Waals surface area contributed by atoms with Crippen LogP contribution in [-0.2, 0) is 0 Å². The van der Waals surface area contributed by atoms with Crippen LogP contribution in [0, 0.1) is 0 Å². The molecule has 8 heteroatoms. The molecule has 0 fully saturated rings. The zero-order valence-electron chi connectivity index (χ0n) is 7.79. The third kappa shape index (κ3) is 4.54. The molecule has 0 saturated carbocycles. The lowest BCUT2D eigenvalue weighted by Crippen LogP contribution is -2.28. The molecule has 0 bridgehead atoms. The highest BCUT2D eigenvalue weighted by atomic mass is 32.1. The van der Waals surface area contributed by atoms with E-state index in [1.165, 1.54) is 0 Å². The van der Waals surface area contributed by atoms with Gasteiger partial charge in [-0.15, -0.1) is 5.10 Å². The van der Waals surface area contributed by atoms with Crippen LogP contribution in [0.25, 0.3) is 0 Å². The summed E-state index contributed by atoms with van der Waals surface area (Å²) in [6, 6.07) is -0.355. The lowest BCUT2D eigenvalue weighted by atomic mass is 10.1. The normalized spacial score (nSPS) is 14.1. The van der Waals surface area contributed by atoms with Gasteiger partial charge in [-0.1, -0.05) is 4.49 Å². The van der Waals surface area contributed by atoms with Crippen molar-refractivity contribution in [3.63, 3.8) is 0 Å². The van der Waals surface area contributed by atoms with Gasteiger partial charge in [0.15, 0.2) is 0 Å². The molecule has 1 unspecified atom stereocenters. The fraction of sp³-hybridized carbons (Fsp3) is 0.714. The summed E-state index contributed by atoms with van der Waals surface area (Å²) in [6.07, 6.45) is -4.60. The summed E-state index contributed by atoms with van der Waals surface area (Å²) in [5, 5.41) is 5.41. The molecule has 86 valence electrons. The summed E-state index contributed by atoms with van der Waals surface area (Å²) in [5.41, 5.74) is 3.02. The first-order chi connectivity index (χ1) is 7.03. The van der Waals surface area contributed by atoms with Crippen molar-refractivity contribution in [1.29, 1.82) is 0 Å². The van der Waals surface area contributed by atoms with Gasteiger partial charge in [0.2, 0.25) is 0 Å². The Bertz CT molecular complexity index is 274. The Balaban J connectivity index is 2.36. The molecule has 1 heterocycles. The van der Waals surface area contributed by atoms with Crippen molar-refractivity contribution in [2.45, 2.75) is 31.5 Å². The minimum absolute atomic E-state index is 0.0237. The molecular weight excluding hydrogens is 229 g/mol. The van der Waals surface area contributed by atoms with E-state index in [2.05, 4.69) is 15.0 Å². The second kappa shape index (κ2) is 5.38. The van der Waals surface area contributed by atoms with Crippen LogP contribution in [0.5, 0.6) is 0 Å². The first-order valence-corrected chi connectivity index (χ1v) is 5.16. The maximum absolute atomic E-state index is 11.9. The number of nitrogens with zero attached hydrogens (tertiary/aromatic N) is 2. The van der Waals surface area contributed by atoms with Crippen LogP contribution in [0.1, 0.15) is 31.0 Å². The molecule has 0 radical (unpaired) electrons. The standard InChI is InChI=1S/C7H11F3N4S/c8-7(9,10)3-1-2-5(12-11)6-4-15-14-13-6/h4-5,12H,1-3,11H2. The van der Waals surface area contributed by atoms with Crippen LogP contribution in [0.4, 0.5) is 13.2 Å². The topological polar surface area (TPSA) is 63.8 Å². The number of alkyl halides is 3. The Kier molecular flexibility index (Phi) is 4.43. The van der Waals surface area contributed by atoms with E-state index in [1.807, 2.05) is 0 Å². The number of hydrogen-bond acceptors (Lipinski definition) is 5. The van der Waals surface area contributed by atoms with Crippen molar-refractivity contribution in [2.24, 2.45) is 5.84 Å². The highest BCUT2D eigenvalue weighted by Crippen LogP contribution is 2.25. The van der Waals surface area contributed by atoms with Crippen molar-refractivity contribution in [3.8, 4) is 0 Å². The van der Waals surface area contributed by atoms with Crippen molar-refractivity contribution in [1.82, 2.24) is 15.0 Å². The third-order valence-electron chi connectivity index (χ3n) is 1.89. The van der Waals surface area contributed by atoms with Crippen LogP contribution in [-0.4, -0.2) is 15.8 Å². The van der Waals surface area contributed by atoms with Gasteiger partial charge < -0.3 is 0 Å². The molecule has 4 nitrogen and oxygen atoms in total. The van der Waals surface area contributed by atoms with Crippen LogP contribution < -0.4 is 11.3 Å². The predicted octanol–water partition coefficient (Wildman–Crippen LogP) is 1.78. The number of nitrogens with one attached hydrogen (secondary N) is 1. The number of rotatable bonds is 5. The molecule has 0 aromatic carbocycles. The molecule has 15 heavy (non-hydrogen) atoms. The van der Waals surface area contributed by atoms with E-state index in [9.17, 15) is 13.2 Å². The van der Waals surface area contributed by atoms with Crippen molar-refractivity contribution in [3.05, 3.63) is 11.1 Å². The number of nitrogens with two attached hydrogens (primary N) is 1. The maximum atomic E-state index is 11.9. The van der Waals surface area contributed by atoms with Gasteiger partial charge in [0, 0.05) is 11.8 Å². The number of hydrazine groups is 1. The van der Waals surface area contributed by atoms with Crippen LogP contribution >= 0.6 is 11.5 Å². The van der Waals surface area contributed by atoms with E-state index < -0.39 is 12.6 Å². The number of aromatic nitrogens is 2. The molecule has 3 N–H and O–H groups in total. The third-order valence-corrected chi connectivity index (χ3v) is 2.41. The molecule has 1 aromatic rings. The van der Waals surface area contributed by atoms with Gasteiger partial charge in [0.1, 0.15) is 0 Å². The van der Waals surface area contributed by atoms with Gasteiger partial charge in [0.05, 0.1) is 11.7 Å². The molecule has 0 spiro atoms. The summed E-state index contributed by atoms with van der Waals surface area (Å²) in [5.74, 6) is 5.22. The highest BCUT2D eigenvalue weighted by molar-refractivity contribution is 7.03. The van der Waals surface area contributed by atoms with Gasteiger partial charge in [0.25, 0.3) is 0 Å². The highest BCUT2D eigenvalue weighted by Gasteiger charge is 2.27. The van der Waals surface area contributed by atoms with Gasteiger partial charge in [-0.05, 0) is 24.4 Å². The van der Waals surface area contributed by atoms with E-state index in [-0.39, 0.29) is 12.5 Å². The summed E-state index contributed by atoms with van der Waals surface area (Å²) >= 11 is 1.14. The second-order valence-corrected chi connectivity index (χ2v) is 3.67. The summed E-state index contributed by atoms with van der Waals surface area (Å²) in [7, 11) is 0. The van der Waals surface area contributed by atoms with E-state index in [1.54, 1.807) is 5.38 Å². The Morgan fingerprint density at radius 1 is 1.53 bits per heavy atom. The predicted molar refractivity (Wildman–Crippen MR) is 49.9 cm³/mol. The fourth-order valence-corrected chi connectivity index (χ4v) is 1.65. The monoisotopic (exact) mass is 240 g/mol. The molecule has 0 aliphatic rings. The first kappa shape index (κ1) is 12.3. The molecule has 1 aromatic heterocycles. The molecule has 0 aliphatic heterocycles. The van der Waals surface area contributed by atoms with Crippen molar-refractivity contribution in [2.75, 3.05) is 0 Å². The average Bonchev–Trinajstić information content (AvgIpc) is 2.63. The molecule has 1 atom stereocenters. The Labute approximate surface area is 88.8 Å². The Morgan fingerprint density at radius 3 is 2.73 bits per heavy atom. The van der Waals surface area contributed by atoms with Gasteiger partial charge >= 0.3 is 6.18 Å². The van der Waals surface area contributed by atoms with Crippen LogP contribution in [0.2, 0.25) is 0 Å². The Hall–Kier alpha value is -0.730. The fourth-order valence-electron chi connectivity index (χ4n) is 1.15. The van der Waals surface area contributed by atoms with Gasteiger partial charge in [-0.3, -0.25) is 11.3 Å². The largest absolute Gasteiger partial charge is 0.389 e. The minimum Gasteiger partial charge on any atom is -0.271 e. The molecule has 0 amide bonds. The smallest absolute Gasteiger partial charge is 0.271 e. The number of hydrogen-bond donors (Lipinski definition) is 2. The average molecular weight is 240 g/mol. The maximum Gasteiger partial charge on any atom is 0.389 e. The summed E-state index contributed by atoms with van der Waals surface area (Å²) in [6.45, 7) is 0. The SMILES string of the molecule is NNC(CCCC(F)(F)F)c1csnn1. The lowest BCUT2D eigenvalue weighted by Gasteiger charge is -2.13. The van der Waals surface area contributed by atoms with Crippen LogP contribution in [0.15, 0.2) is 5.38 Å². The van der Waals surface area contributed by atoms with E-state index in [0.717, 1.165) is 11.5 Å². The molecule has 0 saturated heterocycles. The van der Waals surface area contributed by atoms with E-state index in [4.69, 9.17) is 5.84 Å². The van der Waals surface area contributed by atoms with E-state index in [0.29, 0.717) is 12.1 Å². The number of halogens is 3. The van der Waals surface area contributed by atoms with Crippen molar-refractivity contribution < 1.29 is 13.2 Å². The first-order valence-electron chi connectivity index (χ1n) is 4.33. The zero-order chi connectivity index (χ0) is 11.3.